The Morgan fingerprint density at radius 3 is 2.70 bits per heavy atom. The van der Waals surface area contributed by atoms with Crippen LogP contribution in [0.3, 0.4) is 0 Å². The molecule has 0 atom stereocenters. The zero-order valence-corrected chi connectivity index (χ0v) is 16.4. The lowest BCUT2D eigenvalue weighted by Crippen LogP contribution is -2.15. The number of benzene rings is 2. The molecule has 6 nitrogen and oxygen atoms in total. The molecule has 8 heteroatoms. The van der Waals surface area contributed by atoms with E-state index in [1.807, 2.05) is 25.1 Å². The summed E-state index contributed by atoms with van der Waals surface area (Å²) in [7, 11) is 1.31. The van der Waals surface area contributed by atoms with Crippen LogP contribution in [0.25, 0.3) is 0 Å². The number of methoxy groups -OCH3 is 1. The second-order valence-corrected chi connectivity index (χ2v) is 7.97. The lowest BCUT2D eigenvalue weighted by atomic mass is 10.1. The number of ether oxygens (including phenoxy) is 1. The van der Waals surface area contributed by atoms with Gasteiger partial charge in [0.1, 0.15) is 5.01 Å². The number of rotatable bonds is 6. The van der Waals surface area contributed by atoms with Crippen molar-refractivity contribution in [3.05, 3.63) is 70.2 Å². The molecule has 0 radical (unpaired) electrons. The molecule has 3 aromatic rings. The first-order valence-corrected chi connectivity index (χ1v) is 9.87. The van der Waals surface area contributed by atoms with Crippen molar-refractivity contribution in [2.45, 2.75) is 17.0 Å². The molecule has 0 saturated heterocycles. The Hall–Kier alpha value is -2.71. The first kappa shape index (κ1) is 19.1. The smallest absolute Gasteiger partial charge is 0.339 e. The Balaban J connectivity index is 1.71. The van der Waals surface area contributed by atoms with Crippen LogP contribution in [0, 0.1) is 6.92 Å². The van der Waals surface area contributed by atoms with Crippen LogP contribution in [0.15, 0.2) is 52.9 Å². The monoisotopic (exact) mass is 399 g/mol. The first-order chi connectivity index (χ1) is 13.1. The van der Waals surface area contributed by atoms with E-state index in [2.05, 4.69) is 15.5 Å². The van der Waals surface area contributed by atoms with E-state index in [1.54, 1.807) is 53.4 Å². The molecule has 0 aliphatic heterocycles. The summed E-state index contributed by atoms with van der Waals surface area (Å²) in [6.45, 7) is 1.92. The average molecular weight is 399 g/mol. The van der Waals surface area contributed by atoms with E-state index in [0.717, 1.165) is 14.9 Å². The minimum absolute atomic E-state index is 0.287. The van der Waals surface area contributed by atoms with Gasteiger partial charge in [-0.3, -0.25) is 4.79 Å². The molecule has 0 bridgehead atoms. The van der Waals surface area contributed by atoms with Crippen molar-refractivity contribution in [3.63, 3.8) is 0 Å². The van der Waals surface area contributed by atoms with Crippen LogP contribution < -0.4 is 5.32 Å². The third-order valence-electron chi connectivity index (χ3n) is 3.64. The van der Waals surface area contributed by atoms with Gasteiger partial charge in [-0.2, -0.15) is 0 Å². The van der Waals surface area contributed by atoms with Crippen LogP contribution in [0.2, 0.25) is 0 Å². The molecular weight excluding hydrogens is 382 g/mol. The van der Waals surface area contributed by atoms with E-state index in [1.165, 1.54) is 7.11 Å². The van der Waals surface area contributed by atoms with E-state index in [0.29, 0.717) is 22.6 Å². The minimum Gasteiger partial charge on any atom is -0.465 e. The highest BCUT2D eigenvalue weighted by Crippen LogP contribution is 2.26. The lowest BCUT2D eigenvalue weighted by molar-refractivity contribution is 0.0602. The Labute approximate surface area is 165 Å². The molecule has 1 aromatic heterocycles. The Bertz CT molecular complexity index is 972. The number of anilines is 1. The van der Waals surface area contributed by atoms with Crippen LogP contribution in [0.5, 0.6) is 0 Å². The van der Waals surface area contributed by atoms with Gasteiger partial charge in [0.15, 0.2) is 4.34 Å². The number of nitrogens with zero attached hydrogens (tertiary/aromatic N) is 2. The van der Waals surface area contributed by atoms with Crippen molar-refractivity contribution in [1.29, 1.82) is 0 Å². The van der Waals surface area contributed by atoms with Crippen LogP contribution in [-0.2, 0) is 10.5 Å². The van der Waals surface area contributed by atoms with Gasteiger partial charge >= 0.3 is 5.97 Å². The molecule has 2 aromatic carbocycles. The number of nitrogens with one attached hydrogen (secondary N) is 1. The van der Waals surface area contributed by atoms with E-state index in [9.17, 15) is 9.59 Å². The molecule has 1 N–H and O–H groups in total. The van der Waals surface area contributed by atoms with Crippen molar-refractivity contribution >= 4 is 40.7 Å². The molecule has 3 rings (SSSR count). The maximum atomic E-state index is 12.6. The SMILES string of the molecule is COC(=O)c1ccccc1NC(=O)c1cccc(CSc2nnc(C)s2)c1. The van der Waals surface area contributed by atoms with Crippen molar-refractivity contribution in [3.8, 4) is 0 Å². The fourth-order valence-corrected chi connectivity index (χ4v) is 4.12. The lowest BCUT2D eigenvalue weighted by Gasteiger charge is -2.10. The highest BCUT2D eigenvalue weighted by molar-refractivity contribution is 8.00. The summed E-state index contributed by atoms with van der Waals surface area (Å²) in [6.07, 6.45) is 0. The number of thioether (sulfide) groups is 1. The second kappa shape index (κ2) is 8.79. The number of amides is 1. The topological polar surface area (TPSA) is 81.2 Å². The van der Waals surface area contributed by atoms with Crippen molar-refractivity contribution in [2.24, 2.45) is 0 Å². The van der Waals surface area contributed by atoms with Crippen molar-refractivity contribution in [2.75, 3.05) is 12.4 Å². The van der Waals surface area contributed by atoms with Gasteiger partial charge in [0.2, 0.25) is 0 Å². The molecule has 0 aliphatic rings. The molecule has 0 saturated carbocycles. The summed E-state index contributed by atoms with van der Waals surface area (Å²) in [5.74, 6) is -0.0949. The number of carbonyl (C=O) groups is 2. The summed E-state index contributed by atoms with van der Waals surface area (Å²) < 4.78 is 5.65. The largest absolute Gasteiger partial charge is 0.465 e. The zero-order chi connectivity index (χ0) is 19.2. The fourth-order valence-electron chi connectivity index (χ4n) is 2.36. The summed E-state index contributed by atoms with van der Waals surface area (Å²) in [5, 5.41) is 11.8. The standard InChI is InChI=1S/C19H17N3O3S2/c1-12-21-22-19(27-12)26-11-13-6-5-7-14(10-13)17(23)20-16-9-4-3-8-15(16)18(24)25-2/h3-10H,11H2,1-2H3,(H,20,23). The average Bonchev–Trinajstić information content (AvgIpc) is 3.11. The van der Waals surface area contributed by atoms with E-state index in [4.69, 9.17) is 4.74 Å². The van der Waals surface area contributed by atoms with E-state index in [-0.39, 0.29) is 5.91 Å². The van der Waals surface area contributed by atoms with Gasteiger partial charge < -0.3 is 10.1 Å². The van der Waals surface area contributed by atoms with Crippen LogP contribution >= 0.6 is 23.1 Å². The number of aromatic nitrogens is 2. The van der Waals surface area contributed by atoms with Gasteiger partial charge in [-0.1, -0.05) is 47.4 Å². The zero-order valence-electron chi connectivity index (χ0n) is 14.8. The second-order valence-electron chi connectivity index (χ2n) is 5.57. The Morgan fingerprint density at radius 2 is 1.96 bits per heavy atom. The fraction of sp³-hybridized carbons (Fsp3) is 0.158. The molecule has 0 aliphatic carbocycles. The Morgan fingerprint density at radius 1 is 1.15 bits per heavy atom. The van der Waals surface area contributed by atoms with E-state index >= 15 is 0 Å². The van der Waals surface area contributed by atoms with Gasteiger partial charge in [-0.25, -0.2) is 4.79 Å². The van der Waals surface area contributed by atoms with Gasteiger partial charge in [-0.15, -0.1) is 10.2 Å². The molecule has 1 amide bonds. The minimum atomic E-state index is -0.497. The van der Waals surface area contributed by atoms with Crippen molar-refractivity contribution < 1.29 is 14.3 Å². The van der Waals surface area contributed by atoms with Gasteiger partial charge in [0.05, 0.1) is 18.4 Å². The normalized spacial score (nSPS) is 10.4. The van der Waals surface area contributed by atoms with E-state index < -0.39 is 5.97 Å². The summed E-state index contributed by atoms with van der Waals surface area (Å²) in [5.41, 5.74) is 2.24. The number of para-hydroxylation sites is 1. The quantitative estimate of drug-likeness (QED) is 0.495. The Kier molecular flexibility index (Phi) is 6.20. The van der Waals surface area contributed by atoms with Crippen molar-refractivity contribution in [1.82, 2.24) is 10.2 Å². The molecule has 27 heavy (non-hydrogen) atoms. The molecular formula is C19H17N3O3S2. The molecule has 1 heterocycles. The summed E-state index contributed by atoms with van der Waals surface area (Å²) in [6, 6.07) is 14.1. The van der Waals surface area contributed by atoms with Gasteiger partial charge in [0, 0.05) is 11.3 Å². The molecule has 0 spiro atoms. The predicted molar refractivity (Wildman–Crippen MR) is 106 cm³/mol. The maximum Gasteiger partial charge on any atom is 0.339 e. The van der Waals surface area contributed by atoms with Gasteiger partial charge in [-0.05, 0) is 36.8 Å². The maximum absolute atomic E-state index is 12.6. The first-order valence-electron chi connectivity index (χ1n) is 8.07. The highest BCUT2D eigenvalue weighted by atomic mass is 32.2. The number of hydrogen-bond donors (Lipinski definition) is 1. The number of carbonyl (C=O) groups excluding carboxylic acids is 2. The van der Waals surface area contributed by atoms with Crippen LogP contribution in [0.4, 0.5) is 5.69 Å². The molecule has 0 unspecified atom stereocenters. The van der Waals surface area contributed by atoms with Gasteiger partial charge in [0.25, 0.3) is 5.91 Å². The third kappa shape index (κ3) is 4.93. The predicted octanol–water partition coefficient (Wildman–Crippen LogP) is 4.18. The highest BCUT2D eigenvalue weighted by Gasteiger charge is 2.14. The molecule has 138 valence electrons. The third-order valence-corrected chi connectivity index (χ3v) is 5.68. The number of aryl methyl sites for hydroxylation is 1. The summed E-state index contributed by atoms with van der Waals surface area (Å²) in [4.78, 5) is 24.5. The van der Waals surface area contributed by atoms with Crippen LogP contribution in [-0.4, -0.2) is 29.2 Å². The van der Waals surface area contributed by atoms with Crippen LogP contribution in [0.1, 0.15) is 31.3 Å². The molecule has 0 fully saturated rings. The number of esters is 1. The summed E-state index contributed by atoms with van der Waals surface area (Å²) >= 11 is 3.12. The number of hydrogen-bond acceptors (Lipinski definition) is 7.